The summed E-state index contributed by atoms with van der Waals surface area (Å²) in [5, 5.41) is 8.78. The van der Waals surface area contributed by atoms with Crippen LogP contribution < -0.4 is 0 Å². The number of alkyl halides is 3. The van der Waals surface area contributed by atoms with Crippen molar-refractivity contribution in [2.75, 3.05) is 12.8 Å². The molecule has 0 aromatic rings. The Balaban J connectivity index is 4.58. The van der Waals surface area contributed by atoms with Gasteiger partial charge in [0.15, 0.2) is 0 Å². The minimum absolute atomic E-state index is 0.0460. The largest absolute Gasteiger partial charge is 0.480 e. The normalized spacial score (nSPS) is 14.8. The molecule has 18 heavy (non-hydrogen) atoms. The lowest BCUT2D eigenvalue weighted by atomic mass is 10.2. The minimum Gasteiger partial charge on any atom is -0.480 e. The van der Waals surface area contributed by atoms with Crippen LogP contribution in [0.25, 0.3) is 0 Å². The summed E-state index contributed by atoms with van der Waals surface area (Å²) in [5.74, 6) is -2.04. The lowest BCUT2D eigenvalue weighted by Crippen LogP contribution is -2.43. The van der Waals surface area contributed by atoms with Gasteiger partial charge in [0.05, 0.1) is 5.75 Å². The number of hydrogen-bond acceptors (Lipinski definition) is 3. The smallest absolute Gasteiger partial charge is 0.389 e. The van der Waals surface area contributed by atoms with Crippen LogP contribution in [0.3, 0.4) is 0 Å². The Morgan fingerprint density at radius 2 is 1.89 bits per heavy atom. The summed E-state index contributed by atoms with van der Waals surface area (Å²) >= 11 is 0. The van der Waals surface area contributed by atoms with Crippen LogP contribution >= 0.6 is 0 Å². The molecular formula is C9H16F3NO4S. The van der Waals surface area contributed by atoms with Gasteiger partial charge in [0, 0.05) is 13.5 Å². The highest BCUT2D eigenvalue weighted by atomic mass is 32.2. The maximum atomic E-state index is 11.9. The zero-order valence-corrected chi connectivity index (χ0v) is 10.9. The quantitative estimate of drug-likeness (QED) is 0.770. The Morgan fingerprint density at radius 1 is 1.39 bits per heavy atom. The number of aliphatic carboxylic acids is 1. The molecule has 108 valence electrons. The van der Waals surface area contributed by atoms with E-state index in [1.54, 1.807) is 0 Å². The Hall–Kier alpha value is -0.830. The maximum Gasteiger partial charge on any atom is 0.389 e. The second kappa shape index (κ2) is 6.37. The fourth-order valence-corrected chi connectivity index (χ4v) is 2.80. The molecule has 0 spiro atoms. The van der Waals surface area contributed by atoms with Crippen molar-refractivity contribution >= 4 is 16.0 Å². The first kappa shape index (κ1) is 17.2. The van der Waals surface area contributed by atoms with Gasteiger partial charge in [-0.2, -0.15) is 17.5 Å². The molecule has 0 aliphatic carbocycles. The zero-order valence-electron chi connectivity index (χ0n) is 10.1. The molecule has 1 N–H and O–H groups in total. The fraction of sp³-hybridized carbons (Fsp3) is 0.889. The van der Waals surface area contributed by atoms with Gasteiger partial charge in [-0.05, 0) is 12.8 Å². The predicted molar refractivity (Wildman–Crippen MR) is 58.6 cm³/mol. The molecule has 0 heterocycles. The highest BCUT2D eigenvalue weighted by Gasteiger charge is 2.32. The number of sulfonamides is 1. The third kappa shape index (κ3) is 5.67. The maximum absolute atomic E-state index is 11.9. The van der Waals surface area contributed by atoms with Crippen molar-refractivity contribution in [1.82, 2.24) is 4.31 Å². The van der Waals surface area contributed by atoms with Crippen LogP contribution in [-0.4, -0.2) is 48.8 Å². The number of carboxylic acids is 1. The zero-order chi connectivity index (χ0) is 14.6. The van der Waals surface area contributed by atoms with E-state index in [0.29, 0.717) is 4.31 Å². The minimum atomic E-state index is -4.41. The molecule has 5 nitrogen and oxygen atoms in total. The van der Waals surface area contributed by atoms with Crippen LogP contribution in [-0.2, 0) is 14.8 Å². The monoisotopic (exact) mass is 291 g/mol. The second-order valence-electron chi connectivity index (χ2n) is 3.81. The van der Waals surface area contributed by atoms with Crippen LogP contribution in [0.2, 0.25) is 0 Å². The molecule has 0 aliphatic rings. The molecule has 0 aromatic carbocycles. The van der Waals surface area contributed by atoms with Gasteiger partial charge >= 0.3 is 12.1 Å². The van der Waals surface area contributed by atoms with Crippen molar-refractivity contribution in [3.63, 3.8) is 0 Å². The topological polar surface area (TPSA) is 74.7 Å². The lowest BCUT2D eigenvalue weighted by Gasteiger charge is -2.23. The molecule has 0 aliphatic heterocycles. The van der Waals surface area contributed by atoms with Crippen molar-refractivity contribution < 1.29 is 31.5 Å². The van der Waals surface area contributed by atoms with Crippen LogP contribution in [0.15, 0.2) is 0 Å². The van der Waals surface area contributed by atoms with E-state index in [1.165, 1.54) is 6.92 Å². The van der Waals surface area contributed by atoms with Crippen molar-refractivity contribution in [2.45, 2.75) is 38.4 Å². The van der Waals surface area contributed by atoms with Crippen LogP contribution in [0.5, 0.6) is 0 Å². The molecule has 0 bridgehead atoms. The third-order valence-corrected chi connectivity index (χ3v) is 4.35. The Kier molecular flexibility index (Phi) is 6.08. The van der Waals surface area contributed by atoms with E-state index in [1.807, 2.05) is 0 Å². The van der Waals surface area contributed by atoms with Gasteiger partial charge in [-0.3, -0.25) is 4.79 Å². The van der Waals surface area contributed by atoms with Crippen LogP contribution in [0.4, 0.5) is 13.2 Å². The molecule has 0 radical (unpaired) electrons. The molecule has 1 unspecified atom stereocenters. The van der Waals surface area contributed by atoms with Gasteiger partial charge in [0.1, 0.15) is 6.04 Å². The molecule has 0 rings (SSSR count). The van der Waals surface area contributed by atoms with Gasteiger partial charge in [0.25, 0.3) is 0 Å². The molecule has 0 saturated carbocycles. The van der Waals surface area contributed by atoms with Crippen molar-refractivity contribution in [2.24, 2.45) is 0 Å². The first-order valence-corrected chi connectivity index (χ1v) is 6.87. The molecule has 0 aromatic heterocycles. The van der Waals surface area contributed by atoms with Gasteiger partial charge < -0.3 is 5.11 Å². The van der Waals surface area contributed by atoms with Crippen molar-refractivity contribution in [3.05, 3.63) is 0 Å². The number of carboxylic acid groups (broad SMARTS) is 1. The summed E-state index contributed by atoms with van der Waals surface area (Å²) in [6.07, 6.45) is -6.15. The molecule has 0 fully saturated rings. The number of halogens is 3. The van der Waals surface area contributed by atoms with Gasteiger partial charge in [-0.1, -0.05) is 6.92 Å². The summed E-state index contributed by atoms with van der Waals surface area (Å²) in [7, 11) is -2.93. The van der Waals surface area contributed by atoms with E-state index in [-0.39, 0.29) is 6.42 Å². The number of carbonyl (C=O) groups is 1. The molecule has 9 heteroatoms. The van der Waals surface area contributed by atoms with Gasteiger partial charge in [0.2, 0.25) is 10.0 Å². The van der Waals surface area contributed by atoms with E-state index in [4.69, 9.17) is 5.11 Å². The van der Waals surface area contributed by atoms with Crippen molar-refractivity contribution in [3.8, 4) is 0 Å². The van der Waals surface area contributed by atoms with E-state index in [0.717, 1.165) is 7.05 Å². The summed E-state index contributed by atoms with van der Waals surface area (Å²) in [4.78, 5) is 10.8. The highest BCUT2D eigenvalue weighted by molar-refractivity contribution is 7.89. The summed E-state index contributed by atoms with van der Waals surface area (Å²) in [5.41, 5.74) is 0. The third-order valence-electron chi connectivity index (χ3n) is 2.41. The Bertz CT molecular complexity index is 380. The van der Waals surface area contributed by atoms with E-state index >= 15 is 0 Å². The number of likely N-dealkylation sites (N-methyl/N-ethyl adjacent to an activating group) is 1. The number of hydrogen-bond donors (Lipinski definition) is 1. The fourth-order valence-electron chi connectivity index (χ4n) is 1.38. The van der Waals surface area contributed by atoms with Crippen LogP contribution in [0.1, 0.15) is 26.2 Å². The average molecular weight is 291 g/mol. The van der Waals surface area contributed by atoms with E-state index in [9.17, 15) is 26.4 Å². The van der Waals surface area contributed by atoms with Crippen LogP contribution in [0, 0.1) is 0 Å². The van der Waals surface area contributed by atoms with Gasteiger partial charge in [-0.25, -0.2) is 8.42 Å². The highest BCUT2D eigenvalue weighted by Crippen LogP contribution is 2.22. The van der Waals surface area contributed by atoms with E-state index in [2.05, 4.69) is 0 Å². The first-order chi connectivity index (χ1) is 8.01. The summed E-state index contributed by atoms with van der Waals surface area (Å²) in [6, 6.07) is -1.25. The predicted octanol–water partition coefficient (Wildman–Crippen LogP) is 1.45. The summed E-state index contributed by atoms with van der Waals surface area (Å²) in [6.45, 7) is 1.49. The molecular weight excluding hydrogens is 275 g/mol. The number of nitrogens with zero attached hydrogens (tertiary/aromatic N) is 1. The molecule has 0 saturated heterocycles. The average Bonchev–Trinajstić information content (AvgIpc) is 2.15. The Labute approximate surface area is 104 Å². The second-order valence-corrected chi connectivity index (χ2v) is 5.96. The van der Waals surface area contributed by atoms with Gasteiger partial charge in [-0.15, -0.1) is 0 Å². The van der Waals surface area contributed by atoms with Crippen molar-refractivity contribution in [1.29, 1.82) is 0 Å². The summed E-state index contributed by atoms with van der Waals surface area (Å²) < 4.78 is 59.5. The number of rotatable bonds is 7. The first-order valence-electron chi connectivity index (χ1n) is 5.26. The van der Waals surface area contributed by atoms with E-state index < -0.39 is 46.8 Å². The SMILES string of the molecule is CCC(C(=O)O)N(C)S(=O)(=O)CCCC(F)(F)F. The lowest BCUT2D eigenvalue weighted by molar-refractivity contribution is -0.141. The standard InChI is InChI=1S/C9H16F3NO4S/c1-3-7(8(14)15)13(2)18(16,17)6-4-5-9(10,11)12/h7H,3-6H2,1-2H3,(H,14,15). The molecule has 1 atom stereocenters. The molecule has 0 amide bonds. The Morgan fingerprint density at radius 3 is 2.22 bits per heavy atom.